The number of fused-ring (bicyclic) bond motifs is 1. The van der Waals surface area contributed by atoms with Crippen LogP contribution >= 0.6 is 0 Å². The van der Waals surface area contributed by atoms with Gasteiger partial charge in [0.2, 0.25) is 0 Å². The Hall–Kier alpha value is -2.38. The smallest absolute Gasteiger partial charge is 0.363 e. The summed E-state index contributed by atoms with van der Waals surface area (Å²) >= 11 is 0. The zero-order chi connectivity index (χ0) is 16.4. The number of benzene rings is 1. The van der Waals surface area contributed by atoms with Crippen molar-refractivity contribution in [2.45, 2.75) is 43.8 Å². The largest absolute Gasteiger partial charge is 0.457 e. The van der Waals surface area contributed by atoms with Gasteiger partial charge in [-0.3, -0.25) is 4.98 Å². The van der Waals surface area contributed by atoms with Gasteiger partial charge in [0.15, 0.2) is 0 Å². The second-order valence-corrected chi connectivity index (χ2v) is 6.64. The van der Waals surface area contributed by atoms with Crippen molar-refractivity contribution in [1.29, 1.82) is 0 Å². The Bertz CT molecular complexity index is 738. The molecule has 2 fully saturated rings. The first-order valence-electron chi connectivity index (χ1n) is 8.69. The van der Waals surface area contributed by atoms with Crippen LogP contribution in [-0.4, -0.2) is 22.5 Å². The van der Waals surface area contributed by atoms with Crippen LogP contribution in [0.1, 0.15) is 37.7 Å². The Morgan fingerprint density at radius 3 is 2.54 bits per heavy atom. The third-order valence-electron chi connectivity index (χ3n) is 5.34. The number of rotatable bonds is 3. The van der Waals surface area contributed by atoms with Crippen LogP contribution in [0.15, 0.2) is 48.8 Å². The molecule has 0 aliphatic carbocycles. The zero-order valence-electron chi connectivity index (χ0n) is 13.8. The van der Waals surface area contributed by atoms with Crippen molar-refractivity contribution < 1.29 is 4.74 Å². The third kappa shape index (κ3) is 2.55. The highest BCUT2D eigenvalue weighted by atomic mass is 16.5. The molecule has 0 spiro atoms. The molecule has 24 heavy (non-hydrogen) atoms. The highest BCUT2D eigenvalue weighted by molar-refractivity contribution is 5.37. The lowest BCUT2D eigenvalue weighted by molar-refractivity contribution is 0.102. The number of piperidine rings is 1. The van der Waals surface area contributed by atoms with Crippen LogP contribution in [0.5, 0.6) is 11.5 Å². The van der Waals surface area contributed by atoms with Crippen LogP contribution in [-0.2, 0) is 5.66 Å². The van der Waals surface area contributed by atoms with Crippen molar-refractivity contribution in [3.63, 3.8) is 0 Å². The number of aromatic nitrogens is 1. The van der Waals surface area contributed by atoms with Gasteiger partial charge < -0.3 is 4.74 Å². The standard InChI is InChI=1S/C20H22N3O/c1-21-20(12-9-17-4-2-3-15-23(17)20)16-5-7-18(8-6-16)24-19-10-13-22-14-11-19/h1,5-8,10-11,13-14,17H,2-4,9,12,15H2/q+1/t17-,20-/m1/s1. The van der Waals surface area contributed by atoms with E-state index >= 15 is 0 Å². The second kappa shape index (κ2) is 6.26. The first-order chi connectivity index (χ1) is 11.8. The van der Waals surface area contributed by atoms with Crippen LogP contribution < -0.4 is 4.74 Å². The molecule has 4 rings (SSSR count). The summed E-state index contributed by atoms with van der Waals surface area (Å²) in [6, 6.07) is 12.5. The van der Waals surface area contributed by atoms with E-state index in [0.717, 1.165) is 30.0 Å². The van der Waals surface area contributed by atoms with E-state index in [9.17, 15) is 0 Å². The van der Waals surface area contributed by atoms with Gasteiger partial charge in [-0.25, -0.2) is 4.90 Å². The van der Waals surface area contributed by atoms with Crippen LogP contribution in [0.4, 0.5) is 0 Å². The Morgan fingerprint density at radius 2 is 1.79 bits per heavy atom. The first-order valence-corrected chi connectivity index (χ1v) is 8.69. The Labute approximate surface area is 142 Å². The highest BCUT2D eigenvalue weighted by Gasteiger charge is 2.56. The maximum atomic E-state index is 5.91. The number of nitrogens with zero attached hydrogens (tertiary/aromatic N) is 3. The van der Waals surface area contributed by atoms with Gasteiger partial charge in [-0.1, -0.05) is 11.3 Å². The molecule has 2 saturated heterocycles. The topological polar surface area (TPSA) is 29.7 Å². The van der Waals surface area contributed by atoms with Crippen molar-refractivity contribution in [1.82, 2.24) is 9.88 Å². The summed E-state index contributed by atoms with van der Waals surface area (Å²) in [5.74, 6) is 1.60. The molecule has 122 valence electrons. The molecule has 2 aliphatic rings. The lowest BCUT2D eigenvalue weighted by atomic mass is 9.96. The minimum atomic E-state index is -0.361. The molecule has 2 atom stereocenters. The molecule has 0 saturated carbocycles. The number of hydrogen-bond donors (Lipinski definition) is 0. The Kier molecular flexibility index (Phi) is 3.95. The fourth-order valence-corrected chi connectivity index (χ4v) is 4.15. The maximum absolute atomic E-state index is 5.91. The fraction of sp³-hybridized carbons (Fsp3) is 0.400. The predicted octanol–water partition coefficient (Wildman–Crippen LogP) is 4.64. The van der Waals surface area contributed by atoms with Gasteiger partial charge in [0.25, 0.3) is 6.57 Å². The summed E-state index contributed by atoms with van der Waals surface area (Å²) < 4.78 is 5.85. The van der Waals surface area contributed by atoms with Crippen molar-refractivity contribution in [3.8, 4) is 18.1 Å². The van der Waals surface area contributed by atoms with Crippen molar-refractivity contribution in [2.75, 3.05) is 6.54 Å². The molecule has 0 bridgehead atoms. The van der Waals surface area contributed by atoms with Gasteiger partial charge in [0.1, 0.15) is 11.5 Å². The van der Waals surface area contributed by atoms with Gasteiger partial charge in [0, 0.05) is 25.0 Å². The average molecular weight is 320 g/mol. The Morgan fingerprint density at radius 1 is 1.04 bits per heavy atom. The molecular formula is C20H22N3O+. The minimum Gasteiger partial charge on any atom is -0.457 e. The molecule has 2 aliphatic heterocycles. The van der Waals surface area contributed by atoms with E-state index in [0.29, 0.717) is 6.04 Å². The van der Waals surface area contributed by atoms with Gasteiger partial charge in [0.05, 0.1) is 12.0 Å². The summed E-state index contributed by atoms with van der Waals surface area (Å²) in [4.78, 5) is 10.9. The van der Waals surface area contributed by atoms with Crippen molar-refractivity contribution in [2.24, 2.45) is 0 Å². The summed E-state index contributed by atoms with van der Waals surface area (Å²) in [7, 11) is 0. The monoisotopic (exact) mass is 320 g/mol. The SMILES string of the molecule is C#[N+][C@]1(c2ccc(Oc3ccncc3)cc2)CC[C@H]2CCCCN21. The van der Waals surface area contributed by atoms with Gasteiger partial charge in [-0.2, -0.15) is 0 Å². The van der Waals surface area contributed by atoms with Gasteiger partial charge >= 0.3 is 5.66 Å². The van der Waals surface area contributed by atoms with Gasteiger partial charge in [-0.05, 0) is 55.7 Å². The molecule has 1 aromatic heterocycles. The summed E-state index contributed by atoms with van der Waals surface area (Å²) in [6.07, 6.45) is 9.44. The van der Waals surface area contributed by atoms with Crippen molar-refractivity contribution >= 4 is 0 Å². The van der Waals surface area contributed by atoms with Crippen LogP contribution in [0.25, 0.3) is 4.85 Å². The Balaban J connectivity index is 1.58. The molecule has 3 heterocycles. The molecular weight excluding hydrogens is 298 g/mol. The van der Waals surface area contributed by atoms with Crippen LogP contribution in [0.3, 0.4) is 0 Å². The molecule has 0 radical (unpaired) electrons. The van der Waals surface area contributed by atoms with Crippen molar-refractivity contribution in [3.05, 3.63) is 59.2 Å². The lowest BCUT2D eigenvalue weighted by Gasteiger charge is -2.33. The molecule has 0 amide bonds. The van der Waals surface area contributed by atoms with E-state index in [2.05, 4.69) is 26.9 Å². The molecule has 4 nitrogen and oxygen atoms in total. The molecule has 2 aromatic rings. The predicted molar refractivity (Wildman–Crippen MR) is 94.3 cm³/mol. The van der Waals surface area contributed by atoms with E-state index in [1.165, 1.54) is 25.7 Å². The quantitative estimate of drug-likeness (QED) is 0.825. The number of ether oxygens (including phenoxy) is 1. The lowest BCUT2D eigenvalue weighted by Crippen LogP contribution is -2.45. The first kappa shape index (κ1) is 15.2. The maximum Gasteiger partial charge on any atom is 0.363 e. The molecule has 4 heteroatoms. The minimum absolute atomic E-state index is 0.361. The summed E-state index contributed by atoms with van der Waals surface area (Å²) in [5.41, 5.74) is 0.803. The average Bonchev–Trinajstić information content (AvgIpc) is 3.03. The van der Waals surface area contributed by atoms with Crippen LogP contribution in [0, 0.1) is 6.57 Å². The molecule has 1 aromatic carbocycles. The van der Waals surface area contributed by atoms with E-state index in [4.69, 9.17) is 11.3 Å². The van der Waals surface area contributed by atoms with Crippen LogP contribution in [0.2, 0.25) is 0 Å². The van der Waals surface area contributed by atoms with Gasteiger partial charge in [-0.15, -0.1) is 0 Å². The normalized spacial score (nSPS) is 26.5. The third-order valence-corrected chi connectivity index (χ3v) is 5.34. The highest BCUT2D eigenvalue weighted by Crippen LogP contribution is 2.46. The number of hydrogen-bond acceptors (Lipinski definition) is 3. The summed E-state index contributed by atoms with van der Waals surface area (Å²) in [6.45, 7) is 7.00. The zero-order valence-corrected chi connectivity index (χ0v) is 13.8. The summed E-state index contributed by atoms with van der Waals surface area (Å²) in [5, 5.41) is 0. The fourth-order valence-electron chi connectivity index (χ4n) is 4.15. The number of pyridine rings is 1. The van der Waals surface area contributed by atoms with E-state index in [1.54, 1.807) is 12.4 Å². The van der Waals surface area contributed by atoms with E-state index in [-0.39, 0.29) is 5.66 Å². The van der Waals surface area contributed by atoms with E-state index < -0.39 is 0 Å². The molecule has 0 N–H and O–H groups in total. The molecule has 0 unspecified atom stereocenters. The van der Waals surface area contributed by atoms with E-state index in [1.807, 2.05) is 24.3 Å². The second-order valence-electron chi connectivity index (χ2n) is 6.64.